The van der Waals surface area contributed by atoms with Crippen molar-refractivity contribution in [3.63, 3.8) is 0 Å². The van der Waals surface area contributed by atoms with Crippen LogP contribution >= 0.6 is 11.6 Å². The molecule has 112 valence electrons. The summed E-state index contributed by atoms with van der Waals surface area (Å²) in [5, 5.41) is 11.2. The average molecular weight is 306 g/mol. The van der Waals surface area contributed by atoms with Gasteiger partial charge in [-0.15, -0.1) is 0 Å². The fourth-order valence-corrected chi connectivity index (χ4v) is 2.69. The summed E-state index contributed by atoms with van der Waals surface area (Å²) in [6.45, 7) is 2.29. The van der Waals surface area contributed by atoms with Crippen LogP contribution in [0.2, 0.25) is 5.02 Å². The van der Waals surface area contributed by atoms with Gasteiger partial charge in [-0.1, -0.05) is 41.9 Å². The molecule has 0 aliphatic carbocycles. The molecule has 0 fully saturated rings. The maximum Gasteiger partial charge on any atom is 0.122 e. The lowest BCUT2D eigenvalue weighted by molar-refractivity contribution is 0.147. The molecule has 0 aliphatic heterocycles. The second-order valence-corrected chi connectivity index (χ2v) is 5.44. The summed E-state index contributed by atoms with van der Waals surface area (Å²) in [5.74, 6) is 0.553. The van der Waals surface area contributed by atoms with Crippen molar-refractivity contribution in [1.29, 1.82) is 0 Å². The van der Waals surface area contributed by atoms with E-state index in [-0.39, 0.29) is 5.92 Å². The molecule has 0 saturated carbocycles. The average Bonchev–Trinajstić information content (AvgIpc) is 2.49. The van der Waals surface area contributed by atoms with Crippen LogP contribution < -0.4 is 10.5 Å². The van der Waals surface area contributed by atoms with Gasteiger partial charge < -0.3 is 15.6 Å². The largest absolute Gasteiger partial charge is 0.496 e. The molecule has 4 heteroatoms. The van der Waals surface area contributed by atoms with Gasteiger partial charge in [-0.05, 0) is 35.7 Å². The molecule has 2 atom stereocenters. The first-order chi connectivity index (χ1) is 10.1. The molecule has 0 heterocycles. The number of hydrogen-bond donors (Lipinski definition) is 2. The number of rotatable bonds is 5. The van der Waals surface area contributed by atoms with Crippen LogP contribution in [0.5, 0.6) is 5.75 Å². The fourth-order valence-electron chi connectivity index (χ4n) is 2.45. The molecule has 0 saturated heterocycles. The van der Waals surface area contributed by atoms with E-state index < -0.39 is 6.10 Å². The Bertz CT molecular complexity index is 615. The lowest BCUT2D eigenvalue weighted by atomic mass is 9.88. The number of nitrogens with two attached hydrogens (primary N) is 1. The van der Waals surface area contributed by atoms with E-state index in [1.54, 1.807) is 13.2 Å². The molecule has 2 rings (SSSR count). The number of methoxy groups -OCH3 is 1. The van der Waals surface area contributed by atoms with Crippen molar-refractivity contribution in [2.45, 2.75) is 18.9 Å². The molecule has 0 bridgehead atoms. The van der Waals surface area contributed by atoms with Gasteiger partial charge in [0.25, 0.3) is 0 Å². The van der Waals surface area contributed by atoms with E-state index in [1.807, 2.05) is 43.3 Å². The SMILES string of the molecule is COc1cc(C(CN)C(O)c2ccccc2Cl)ccc1C. The molecular formula is C17H20ClNO2. The highest BCUT2D eigenvalue weighted by Gasteiger charge is 2.23. The van der Waals surface area contributed by atoms with E-state index in [4.69, 9.17) is 22.1 Å². The monoisotopic (exact) mass is 305 g/mol. The zero-order chi connectivity index (χ0) is 15.4. The van der Waals surface area contributed by atoms with Crippen molar-refractivity contribution in [2.24, 2.45) is 5.73 Å². The van der Waals surface area contributed by atoms with Crippen molar-refractivity contribution < 1.29 is 9.84 Å². The minimum absolute atomic E-state index is 0.237. The van der Waals surface area contributed by atoms with E-state index in [2.05, 4.69) is 0 Å². The Morgan fingerprint density at radius 2 is 1.95 bits per heavy atom. The van der Waals surface area contributed by atoms with Crippen molar-refractivity contribution in [2.75, 3.05) is 13.7 Å². The number of aliphatic hydroxyl groups is 1. The topological polar surface area (TPSA) is 55.5 Å². The lowest BCUT2D eigenvalue weighted by Crippen LogP contribution is -2.20. The molecule has 0 aromatic heterocycles. The van der Waals surface area contributed by atoms with Gasteiger partial charge in [0, 0.05) is 17.5 Å². The van der Waals surface area contributed by atoms with Crippen molar-refractivity contribution in [1.82, 2.24) is 0 Å². The van der Waals surface area contributed by atoms with Gasteiger partial charge in [0.15, 0.2) is 0 Å². The molecule has 3 nitrogen and oxygen atoms in total. The Hall–Kier alpha value is -1.55. The number of ether oxygens (including phenoxy) is 1. The Morgan fingerprint density at radius 3 is 2.57 bits per heavy atom. The predicted octanol–water partition coefficient (Wildman–Crippen LogP) is 3.43. The second kappa shape index (κ2) is 6.94. The van der Waals surface area contributed by atoms with E-state index in [0.29, 0.717) is 17.1 Å². The molecule has 3 N–H and O–H groups in total. The Balaban J connectivity index is 2.37. The highest BCUT2D eigenvalue weighted by Crippen LogP contribution is 2.35. The first-order valence-corrected chi connectivity index (χ1v) is 7.23. The Morgan fingerprint density at radius 1 is 1.24 bits per heavy atom. The van der Waals surface area contributed by atoms with Crippen LogP contribution in [0.4, 0.5) is 0 Å². The maximum absolute atomic E-state index is 10.6. The lowest BCUT2D eigenvalue weighted by Gasteiger charge is -2.24. The second-order valence-electron chi connectivity index (χ2n) is 5.04. The molecule has 21 heavy (non-hydrogen) atoms. The van der Waals surface area contributed by atoms with Gasteiger partial charge in [0.05, 0.1) is 13.2 Å². The third-order valence-corrected chi connectivity index (χ3v) is 4.06. The van der Waals surface area contributed by atoms with Crippen molar-refractivity contribution >= 4 is 11.6 Å². The van der Waals surface area contributed by atoms with Gasteiger partial charge in [0.1, 0.15) is 5.75 Å². The zero-order valence-electron chi connectivity index (χ0n) is 12.2. The number of hydrogen-bond acceptors (Lipinski definition) is 3. The van der Waals surface area contributed by atoms with Gasteiger partial charge >= 0.3 is 0 Å². The van der Waals surface area contributed by atoms with E-state index in [0.717, 1.165) is 16.9 Å². The third-order valence-electron chi connectivity index (χ3n) is 3.72. The van der Waals surface area contributed by atoms with Gasteiger partial charge in [-0.2, -0.15) is 0 Å². The zero-order valence-corrected chi connectivity index (χ0v) is 13.0. The summed E-state index contributed by atoms with van der Waals surface area (Å²) < 4.78 is 5.34. The summed E-state index contributed by atoms with van der Waals surface area (Å²) in [6, 6.07) is 13.1. The highest BCUT2D eigenvalue weighted by atomic mass is 35.5. The van der Waals surface area contributed by atoms with Gasteiger partial charge in [0.2, 0.25) is 0 Å². The van der Waals surface area contributed by atoms with Crippen molar-refractivity contribution in [3.05, 3.63) is 64.2 Å². The molecule has 2 aromatic carbocycles. The maximum atomic E-state index is 10.6. The van der Waals surface area contributed by atoms with Crippen LogP contribution in [-0.2, 0) is 0 Å². The summed E-state index contributed by atoms with van der Waals surface area (Å²) in [5.41, 5.74) is 8.55. The van der Waals surface area contributed by atoms with Gasteiger partial charge in [-0.3, -0.25) is 0 Å². The summed E-state index contributed by atoms with van der Waals surface area (Å²) in [4.78, 5) is 0. The standard InChI is InChI=1S/C17H20ClNO2/c1-11-7-8-12(9-16(11)21-2)14(10-19)17(20)13-5-3-4-6-15(13)18/h3-9,14,17,20H,10,19H2,1-2H3. The third kappa shape index (κ3) is 3.38. The Kier molecular flexibility index (Phi) is 5.23. The molecule has 0 amide bonds. The van der Waals surface area contributed by atoms with Gasteiger partial charge in [-0.25, -0.2) is 0 Å². The van der Waals surface area contributed by atoms with E-state index >= 15 is 0 Å². The van der Waals surface area contributed by atoms with Crippen LogP contribution in [-0.4, -0.2) is 18.8 Å². The molecule has 0 radical (unpaired) electrons. The van der Waals surface area contributed by atoms with E-state index in [1.165, 1.54) is 0 Å². The van der Waals surface area contributed by atoms with Crippen LogP contribution in [0, 0.1) is 6.92 Å². The molecule has 2 aromatic rings. The van der Waals surface area contributed by atoms with Crippen molar-refractivity contribution in [3.8, 4) is 5.75 Å². The molecular weight excluding hydrogens is 286 g/mol. The first-order valence-electron chi connectivity index (χ1n) is 6.85. The van der Waals surface area contributed by atoms with E-state index in [9.17, 15) is 5.11 Å². The highest BCUT2D eigenvalue weighted by molar-refractivity contribution is 6.31. The quantitative estimate of drug-likeness (QED) is 0.890. The van der Waals surface area contributed by atoms with Crippen LogP contribution in [0.1, 0.15) is 28.7 Å². The number of aryl methyl sites for hydroxylation is 1. The molecule has 2 unspecified atom stereocenters. The number of aliphatic hydroxyl groups excluding tert-OH is 1. The summed E-state index contributed by atoms with van der Waals surface area (Å²) in [7, 11) is 1.63. The normalized spacial score (nSPS) is 13.8. The number of halogens is 1. The smallest absolute Gasteiger partial charge is 0.122 e. The first kappa shape index (κ1) is 15.8. The van der Waals surface area contributed by atoms with Crippen LogP contribution in [0.25, 0.3) is 0 Å². The van der Waals surface area contributed by atoms with Crippen LogP contribution in [0.15, 0.2) is 42.5 Å². The minimum Gasteiger partial charge on any atom is -0.496 e. The van der Waals surface area contributed by atoms with Crippen LogP contribution in [0.3, 0.4) is 0 Å². The minimum atomic E-state index is -0.754. The predicted molar refractivity (Wildman–Crippen MR) is 85.9 cm³/mol. The summed E-state index contributed by atoms with van der Waals surface area (Å²) >= 11 is 6.17. The molecule has 0 spiro atoms. The summed E-state index contributed by atoms with van der Waals surface area (Å²) in [6.07, 6.45) is -0.754. The fraction of sp³-hybridized carbons (Fsp3) is 0.294. The Labute approximate surface area is 130 Å². The number of benzene rings is 2. The molecule has 0 aliphatic rings.